The number of carbonyl (C=O) groups is 2. The number of amides is 3. The Morgan fingerprint density at radius 1 is 0.906 bits per heavy atom. The Labute approximate surface area is 180 Å². The molecule has 0 aliphatic heterocycles. The summed E-state index contributed by atoms with van der Waals surface area (Å²) in [6.45, 7) is 0. The summed E-state index contributed by atoms with van der Waals surface area (Å²) in [5, 5.41) is 4.86. The average molecular weight is 446 g/mol. The highest BCUT2D eigenvalue weighted by Gasteiger charge is 2.30. The third-order valence-electron chi connectivity index (χ3n) is 3.95. The van der Waals surface area contributed by atoms with Crippen molar-refractivity contribution in [1.82, 2.24) is 10.5 Å². The number of carbonyl (C=O) groups excluding carboxylic acids is 2. The fourth-order valence-electron chi connectivity index (χ4n) is 2.55. The Balaban J connectivity index is 1.60. The molecule has 0 atom stereocenters. The summed E-state index contributed by atoms with van der Waals surface area (Å²) in [4.78, 5) is 32.3. The number of benzene rings is 2. The van der Waals surface area contributed by atoms with Gasteiger partial charge in [-0.05, 0) is 48.5 Å². The normalized spacial score (nSPS) is 10.9. The summed E-state index contributed by atoms with van der Waals surface area (Å²) in [6.07, 6.45) is -3.11. The minimum atomic E-state index is -4.51. The van der Waals surface area contributed by atoms with Crippen molar-refractivity contribution in [3.05, 3.63) is 78.1 Å². The molecule has 0 radical (unpaired) electrons. The van der Waals surface area contributed by atoms with Gasteiger partial charge in [0.2, 0.25) is 0 Å². The van der Waals surface area contributed by atoms with Crippen molar-refractivity contribution in [1.29, 1.82) is 0 Å². The van der Waals surface area contributed by atoms with E-state index in [0.717, 1.165) is 12.1 Å². The number of aromatic nitrogens is 1. The van der Waals surface area contributed by atoms with E-state index in [1.807, 2.05) is 0 Å². The minimum absolute atomic E-state index is 0.00304. The maximum absolute atomic E-state index is 12.8. The Morgan fingerprint density at radius 2 is 1.62 bits per heavy atom. The second-order valence-electron chi connectivity index (χ2n) is 6.30. The van der Waals surface area contributed by atoms with Gasteiger partial charge >= 0.3 is 12.2 Å². The first-order valence-corrected chi connectivity index (χ1v) is 9.07. The van der Waals surface area contributed by atoms with Crippen LogP contribution in [0.1, 0.15) is 16.1 Å². The number of ether oxygens (including phenoxy) is 1. The molecule has 166 valence electrons. The van der Waals surface area contributed by atoms with Crippen LogP contribution >= 0.6 is 0 Å². The molecule has 0 spiro atoms. The van der Waals surface area contributed by atoms with Gasteiger partial charge in [-0.3, -0.25) is 14.6 Å². The Bertz CT molecular complexity index is 1100. The zero-order valence-electron chi connectivity index (χ0n) is 16.6. The van der Waals surface area contributed by atoms with Crippen LogP contribution in [0.2, 0.25) is 0 Å². The predicted octanol–water partition coefficient (Wildman–Crippen LogP) is 4.83. The zero-order chi connectivity index (χ0) is 23.1. The highest BCUT2D eigenvalue weighted by molar-refractivity contribution is 5.99. The van der Waals surface area contributed by atoms with Gasteiger partial charge in [0.05, 0.1) is 12.7 Å². The van der Waals surface area contributed by atoms with Gasteiger partial charge < -0.3 is 15.4 Å². The Morgan fingerprint density at radius 3 is 2.31 bits per heavy atom. The number of alkyl halides is 3. The molecule has 3 amide bonds. The molecule has 3 N–H and O–H groups in total. The number of nitrogens with zero attached hydrogens (tertiary/aromatic N) is 1. The third-order valence-corrected chi connectivity index (χ3v) is 3.95. The van der Waals surface area contributed by atoms with Gasteiger partial charge in [0.25, 0.3) is 5.91 Å². The van der Waals surface area contributed by atoms with Crippen molar-refractivity contribution < 1.29 is 32.3 Å². The van der Waals surface area contributed by atoms with E-state index in [0.29, 0.717) is 17.2 Å². The molecule has 0 aliphatic carbocycles. The lowest BCUT2D eigenvalue weighted by molar-refractivity contribution is -0.137. The first-order valence-electron chi connectivity index (χ1n) is 9.07. The van der Waals surface area contributed by atoms with Crippen LogP contribution in [0.15, 0.2) is 66.9 Å². The lowest BCUT2D eigenvalue weighted by Gasteiger charge is -2.11. The van der Waals surface area contributed by atoms with Crippen molar-refractivity contribution in [3.63, 3.8) is 0 Å². The van der Waals surface area contributed by atoms with Crippen molar-refractivity contribution in [2.75, 3.05) is 17.7 Å². The summed E-state index contributed by atoms with van der Waals surface area (Å²) in [5.74, 6) is 0.228. The molecule has 2 aromatic carbocycles. The number of hydrogen-bond acceptors (Lipinski definition) is 5. The highest BCUT2D eigenvalue weighted by Crippen LogP contribution is 2.30. The molecule has 11 heteroatoms. The first-order chi connectivity index (χ1) is 15.2. The average Bonchev–Trinajstić information content (AvgIpc) is 2.75. The summed E-state index contributed by atoms with van der Waals surface area (Å²) in [5.41, 5.74) is 1.76. The number of anilines is 2. The van der Waals surface area contributed by atoms with Crippen LogP contribution in [-0.4, -0.2) is 24.0 Å². The fraction of sp³-hybridized carbons (Fsp3) is 0.0952. The lowest BCUT2D eigenvalue weighted by Crippen LogP contribution is -2.22. The van der Waals surface area contributed by atoms with Gasteiger partial charge in [-0.2, -0.15) is 13.2 Å². The summed E-state index contributed by atoms with van der Waals surface area (Å²) < 4.78 is 44.0. The Kier molecular flexibility index (Phi) is 6.90. The van der Waals surface area contributed by atoms with Crippen LogP contribution in [-0.2, 0) is 11.0 Å². The minimum Gasteiger partial charge on any atom is -0.457 e. The van der Waals surface area contributed by atoms with E-state index in [9.17, 15) is 22.8 Å². The SMILES string of the molecule is CONC(=O)c1cc(Oc2ccc(NC(=O)Nc3cccc(C(F)(F)F)c3)cc2)ccn1. The quantitative estimate of drug-likeness (QED) is 0.471. The molecule has 0 aliphatic rings. The number of halogens is 3. The third kappa shape index (κ3) is 6.19. The number of hydrogen-bond donors (Lipinski definition) is 3. The van der Waals surface area contributed by atoms with Crippen LogP contribution in [0.25, 0.3) is 0 Å². The van der Waals surface area contributed by atoms with E-state index in [-0.39, 0.29) is 11.4 Å². The monoisotopic (exact) mass is 446 g/mol. The van der Waals surface area contributed by atoms with Gasteiger partial charge in [0.15, 0.2) is 0 Å². The highest BCUT2D eigenvalue weighted by atomic mass is 19.4. The summed E-state index contributed by atoms with van der Waals surface area (Å²) in [6, 6.07) is 12.8. The first kappa shape index (κ1) is 22.6. The number of nitrogens with one attached hydrogen (secondary N) is 3. The van der Waals surface area contributed by atoms with E-state index >= 15 is 0 Å². The van der Waals surface area contributed by atoms with Crippen LogP contribution in [0.4, 0.5) is 29.3 Å². The molecular formula is C21H17F3N4O4. The van der Waals surface area contributed by atoms with E-state index in [4.69, 9.17) is 4.74 Å². The maximum atomic E-state index is 12.8. The van der Waals surface area contributed by atoms with Crippen molar-refractivity contribution in [2.45, 2.75) is 6.18 Å². The molecule has 0 saturated carbocycles. The van der Waals surface area contributed by atoms with E-state index in [1.165, 1.54) is 31.5 Å². The second-order valence-corrected chi connectivity index (χ2v) is 6.30. The van der Waals surface area contributed by atoms with E-state index in [1.54, 1.807) is 30.3 Å². The largest absolute Gasteiger partial charge is 0.457 e. The molecule has 3 rings (SSSR count). The molecule has 1 heterocycles. The molecule has 1 aromatic heterocycles. The summed E-state index contributed by atoms with van der Waals surface area (Å²) in [7, 11) is 1.30. The van der Waals surface area contributed by atoms with Crippen LogP contribution in [0.5, 0.6) is 11.5 Å². The number of rotatable bonds is 6. The van der Waals surface area contributed by atoms with Crippen LogP contribution in [0.3, 0.4) is 0 Å². The molecule has 3 aromatic rings. The maximum Gasteiger partial charge on any atom is 0.416 e. The van der Waals surface area contributed by atoms with E-state index < -0.39 is 23.7 Å². The molecule has 0 bridgehead atoms. The molecule has 8 nitrogen and oxygen atoms in total. The number of urea groups is 1. The molecular weight excluding hydrogens is 429 g/mol. The van der Waals surface area contributed by atoms with Gasteiger partial charge in [-0.25, -0.2) is 10.3 Å². The lowest BCUT2D eigenvalue weighted by atomic mass is 10.2. The topological polar surface area (TPSA) is 102 Å². The second kappa shape index (κ2) is 9.79. The van der Waals surface area contributed by atoms with E-state index in [2.05, 4.69) is 25.9 Å². The van der Waals surface area contributed by atoms with Gasteiger partial charge in [0, 0.05) is 23.6 Å². The molecule has 0 fully saturated rings. The van der Waals surface area contributed by atoms with Crippen molar-refractivity contribution in [3.8, 4) is 11.5 Å². The molecule has 0 unspecified atom stereocenters. The van der Waals surface area contributed by atoms with Crippen LogP contribution in [0, 0.1) is 0 Å². The standard InChI is InChI=1S/C21H17F3N4O4/c1-31-28-19(29)18-12-17(9-10-25-18)32-16-7-5-14(6-8-16)26-20(30)27-15-4-2-3-13(11-15)21(22,23)24/h2-12H,1H3,(H,28,29)(H2,26,27,30). The smallest absolute Gasteiger partial charge is 0.416 e. The van der Waals surface area contributed by atoms with Crippen LogP contribution < -0.4 is 20.9 Å². The molecule has 32 heavy (non-hydrogen) atoms. The molecule has 0 saturated heterocycles. The summed E-state index contributed by atoms with van der Waals surface area (Å²) >= 11 is 0. The number of pyridine rings is 1. The zero-order valence-corrected chi connectivity index (χ0v) is 16.6. The van der Waals surface area contributed by atoms with Gasteiger partial charge in [0.1, 0.15) is 17.2 Å². The fourth-order valence-corrected chi connectivity index (χ4v) is 2.55. The van der Waals surface area contributed by atoms with Crippen molar-refractivity contribution >= 4 is 23.3 Å². The Hall–Kier alpha value is -4.12. The van der Waals surface area contributed by atoms with Gasteiger partial charge in [-0.1, -0.05) is 6.07 Å². The van der Waals surface area contributed by atoms with Crippen molar-refractivity contribution in [2.24, 2.45) is 0 Å². The predicted molar refractivity (Wildman–Crippen MR) is 109 cm³/mol. The number of hydroxylamine groups is 1. The van der Waals surface area contributed by atoms with Gasteiger partial charge in [-0.15, -0.1) is 0 Å².